The van der Waals surface area contributed by atoms with Crippen molar-refractivity contribution in [2.45, 2.75) is 11.8 Å². The van der Waals surface area contributed by atoms with Crippen LogP contribution in [0.5, 0.6) is 5.75 Å². The predicted molar refractivity (Wildman–Crippen MR) is 117 cm³/mol. The summed E-state index contributed by atoms with van der Waals surface area (Å²) in [5.41, 5.74) is 2.60. The summed E-state index contributed by atoms with van der Waals surface area (Å²) in [6.07, 6.45) is 0. The Morgan fingerprint density at radius 1 is 0.900 bits per heavy atom. The topological polar surface area (TPSA) is 95.3 Å². The molecule has 8 heteroatoms. The van der Waals surface area contributed by atoms with E-state index >= 15 is 0 Å². The highest BCUT2D eigenvalue weighted by atomic mass is 32.2. The van der Waals surface area contributed by atoms with Gasteiger partial charge in [0.25, 0.3) is 0 Å². The summed E-state index contributed by atoms with van der Waals surface area (Å²) in [6.45, 7) is 1.82. The van der Waals surface area contributed by atoms with Crippen LogP contribution in [0.1, 0.15) is 5.56 Å². The average molecular weight is 419 g/mol. The number of benzene rings is 3. The Morgan fingerprint density at radius 3 is 2.33 bits per heavy atom. The lowest BCUT2D eigenvalue weighted by molar-refractivity contribution is 0.417. The van der Waals surface area contributed by atoms with Gasteiger partial charge in [-0.05, 0) is 54.2 Å². The Bertz CT molecular complexity index is 1320. The molecular formula is C22H19N4O3S-. The van der Waals surface area contributed by atoms with Crippen LogP contribution in [0.2, 0.25) is 0 Å². The zero-order valence-electron chi connectivity index (χ0n) is 16.4. The molecule has 0 radical (unpaired) electrons. The highest BCUT2D eigenvalue weighted by Gasteiger charge is 2.13. The molecule has 0 aliphatic heterocycles. The van der Waals surface area contributed by atoms with Gasteiger partial charge in [-0.15, -0.1) is 0 Å². The van der Waals surface area contributed by atoms with Crippen molar-refractivity contribution >= 4 is 38.4 Å². The fourth-order valence-electron chi connectivity index (χ4n) is 2.96. The number of fused-ring (bicyclic) bond motifs is 1. The minimum Gasteiger partial charge on any atom is -0.495 e. The minimum absolute atomic E-state index is 0.0267. The Morgan fingerprint density at radius 2 is 1.60 bits per heavy atom. The summed E-state index contributed by atoms with van der Waals surface area (Å²) in [6, 6.07) is 21.0. The third kappa shape index (κ3) is 4.04. The molecule has 1 heterocycles. The van der Waals surface area contributed by atoms with Crippen molar-refractivity contribution in [3.8, 4) is 5.75 Å². The maximum Gasteiger partial charge on any atom is 0.202 e. The van der Waals surface area contributed by atoms with E-state index in [-0.39, 0.29) is 16.5 Å². The van der Waals surface area contributed by atoms with Crippen LogP contribution < -0.4 is 10.1 Å². The highest BCUT2D eigenvalue weighted by Crippen LogP contribution is 2.36. The molecule has 0 saturated carbocycles. The molecule has 3 aromatic carbocycles. The number of rotatable bonds is 6. The first-order valence-electron chi connectivity index (χ1n) is 9.18. The van der Waals surface area contributed by atoms with Crippen molar-refractivity contribution in [3.05, 3.63) is 83.1 Å². The van der Waals surface area contributed by atoms with E-state index in [0.717, 1.165) is 5.56 Å². The number of nitrogens with one attached hydrogen (secondary N) is 1. The molecule has 1 N–H and O–H groups in total. The predicted octanol–water partition coefficient (Wildman–Crippen LogP) is 5.08. The van der Waals surface area contributed by atoms with Gasteiger partial charge in [-0.2, -0.15) is 0 Å². The monoisotopic (exact) mass is 419 g/mol. The zero-order valence-corrected chi connectivity index (χ0v) is 17.2. The second-order valence-corrected chi connectivity index (χ2v) is 8.20. The number of hydrogen-bond acceptors (Lipinski definition) is 6. The van der Waals surface area contributed by atoms with Crippen molar-refractivity contribution in [1.82, 2.24) is 9.97 Å². The Labute approximate surface area is 174 Å². The second-order valence-electron chi connectivity index (χ2n) is 6.59. The summed E-state index contributed by atoms with van der Waals surface area (Å²) < 4.78 is 35.2. The van der Waals surface area contributed by atoms with Crippen LogP contribution in [0.4, 0.5) is 17.3 Å². The van der Waals surface area contributed by atoms with E-state index in [1.165, 1.54) is 6.07 Å². The van der Waals surface area contributed by atoms with Gasteiger partial charge in [0.2, 0.25) is 10.0 Å². The fraction of sp³-hybridized carbons (Fsp3) is 0.0909. The first-order chi connectivity index (χ1) is 14.5. The van der Waals surface area contributed by atoms with Crippen LogP contribution in [-0.2, 0) is 10.0 Å². The summed E-state index contributed by atoms with van der Waals surface area (Å²) in [4.78, 5) is 9.10. The third-order valence-electron chi connectivity index (χ3n) is 4.41. The smallest absolute Gasteiger partial charge is 0.202 e. The summed E-state index contributed by atoms with van der Waals surface area (Å²) in [7, 11) is -2.43. The quantitative estimate of drug-likeness (QED) is 0.468. The number of hydrogen-bond donors (Lipinski definition) is 1. The van der Waals surface area contributed by atoms with Crippen LogP contribution in [0.25, 0.3) is 15.8 Å². The molecule has 7 nitrogen and oxygen atoms in total. The van der Waals surface area contributed by atoms with Gasteiger partial charge in [0.15, 0.2) is 0 Å². The average Bonchev–Trinajstić information content (AvgIpc) is 2.74. The third-order valence-corrected chi connectivity index (χ3v) is 5.67. The number of aromatic nitrogens is 2. The largest absolute Gasteiger partial charge is 0.495 e. The standard InChI is InChI=1S/C22H19N4O3S/c1-15-8-7-9-16(14-15)30(27,28)26-22-21(23-17-10-3-4-11-18(17)24-22)25-19-12-5-6-13-20(19)29-2/h3-14H,1-2H3,(H-,23,24,25,26)/q-1. The van der Waals surface area contributed by atoms with E-state index < -0.39 is 10.0 Å². The van der Waals surface area contributed by atoms with E-state index in [0.29, 0.717) is 22.5 Å². The van der Waals surface area contributed by atoms with Crippen molar-refractivity contribution in [2.24, 2.45) is 0 Å². The van der Waals surface area contributed by atoms with Crippen molar-refractivity contribution < 1.29 is 13.2 Å². The van der Waals surface area contributed by atoms with E-state index in [9.17, 15) is 8.42 Å². The number of aryl methyl sites for hydroxylation is 1. The molecule has 1 aromatic heterocycles. The molecule has 0 bridgehead atoms. The lowest BCUT2D eigenvalue weighted by Crippen LogP contribution is -2.03. The van der Waals surface area contributed by atoms with Crippen LogP contribution in [-0.4, -0.2) is 25.5 Å². The van der Waals surface area contributed by atoms with Crippen LogP contribution in [0, 0.1) is 6.92 Å². The summed E-state index contributed by atoms with van der Waals surface area (Å²) >= 11 is 0. The first-order valence-corrected chi connectivity index (χ1v) is 10.6. The van der Waals surface area contributed by atoms with Crippen LogP contribution >= 0.6 is 0 Å². The van der Waals surface area contributed by atoms with Gasteiger partial charge < -0.3 is 19.8 Å². The number of methoxy groups -OCH3 is 1. The molecule has 152 valence electrons. The van der Waals surface area contributed by atoms with E-state index in [1.54, 1.807) is 43.5 Å². The maximum atomic E-state index is 12.9. The molecule has 0 saturated heterocycles. The summed E-state index contributed by atoms with van der Waals surface area (Å²) in [5.74, 6) is 0.774. The number of anilines is 2. The highest BCUT2D eigenvalue weighted by molar-refractivity contribution is 7.94. The SMILES string of the molecule is COc1ccccc1Nc1nc2ccccc2nc1[N-]S(=O)(=O)c1cccc(C)c1. The number of sulfonamides is 1. The van der Waals surface area contributed by atoms with Crippen molar-refractivity contribution in [3.63, 3.8) is 0 Å². The fourth-order valence-corrected chi connectivity index (χ4v) is 4.00. The van der Waals surface area contributed by atoms with E-state index in [4.69, 9.17) is 4.74 Å². The van der Waals surface area contributed by atoms with E-state index in [2.05, 4.69) is 20.0 Å². The Hall–Kier alpha value is -3.65. The molecule has 0 unspecified atom stereocenters. The van der Waals surface area contributed by atoms with Gasteiger partial charge in [-0.25, -0.2) is 13.4 Å². The minimum atomic E-state index is -3.98. The Balaban J connectivity index is 1.80. The normalized spacial score (nSPS) is 11.3. The molecule has 0 atom stereocenters. The molecule has 0 aliphatic rings. The van der Waals surface area contributed by atoms with Crippen LogP contribution in [0.3, 0.4) is 0 Å². The van der Waals surface area contributed by atoms with E-state index in [1.807, 2.05) is 37.3 Å². The molecule has 30 heavy (non-hydrogen) atoms. The number of para-hydroxylation sites is 4. The van der Waals surface area contributed by atoms with Gasteiger partial charge in [-0.3, -0.25) is 0 Å². The molecule has 4 aromatic rings. The second kappa shape index (κ2) is 8.00. The molecule has 0 aliphatic carbocycles. The lowest BCUT2D eigenvalue weighted by Gasteiger charge is -2.22. The van der Waals surface area contributed by atoms with Gasteiger partial charge >= 0.3 is 0 Å². The molecule has 4 rings (SSSR count). The van der Waals surface area contributed by atoms with Crippen molar-refractivity contribution in [2.75, 3.05) is 12.4 Å². The van der Waals surface area contributed by atoms with Crippen molar-refractivity contribution in [1.29, 1.82) is 0 Å². The number of ether oxygens (including phenoxy) is 1. The molecule has 0 spiro atoms. The lowest BCUT2D eigenvalue weighted by atomic mass is 10.2. The molecule has 0 fully saturated rings. The molecule has 0 amide bonds. The molecular weight excluding hydrogens is 400 g/mol. The zero-order chi connectivity index (χ0) is 21.1. The summed E-state index contributed by atoms with van der Waals surface area (Å²) in [5, 5.41) is 3.11. The Kier molecular flexibility index (Phi) is 5.24. The van der Waals surface area contributed by atoms with Crippen LogP contribution in [0.15, 0.2) is 77.7 Å². The van der Waals surface area contributed by atoms with Gasteiger partial charge in [0, 0.05) is 0 Å². The van der Waals surface area contributed by atoms with Gasteiger partial charge in [-0.1, -0.05) is 42.5 Å². The first kappa shape index (κ1) is 19.7. The maximum absolute atomic E-state index is 12.9. The number of nitrogens with zero attached hydrogens (tertiary/aromatic N) is 3. The van der Waals surface area contributed by atoms with Gasteiger partial charge in [0.05, 0.1) is 23.2 Å². The van der Waals surface area contributed by atoms with Gasteiger partial charge in [0.1, 0.15) is 11.6 Å².